The summed E-state index contributed by atoms with van der Waals surface area (Å²) in [4.78, 5) is 0. The van der Waals surface area contributed by atoms with Gasteiger partial charge in [-0.05, 0) is 28.5 Å². The maximum absolute atomic E-state index is 2.38. The molecular formula is C10H12S. The lowest BCUT2D eigenvalue weighted by atomic mass is 9.92. The van der Waals surface area contributed by atoms with E-state index >= 15 is 0 Å². The van der Waals surface area contributed by atoms with Gasteiger partial charge in [-0.15, -0.1) is 11.3 Å². The molecule has 0 aromatic carbocycles. The van der Waals surface area contributed by atoms with Gasteiger partial charge >= 0.3 is 0 Å². The van der Waals surface area contributed by atoms with Crippen LogP contribution in [-0.4, -0.2) is 0 Å². The second kappa shape index (κ2) is 2.49. The van der Waals surface area contributed by atoms with Crippen LogP contribution in [0.3, 0.4) is 0 Å². The van der Waals surface area contributed by atoms with E-state index in [0.29, 0.717) is 11.8 Å². The Labute approximate surface area is 70.9 Å². The molecule has 2 atom stereocenters. The summed E-state index contributed by atoms with van der Waals surface area (Å²) in [5.74, 6) is 1.42. The van der Waals surface area contributed by atoms with Crippen molar-refractivity contribution < 1.29 is 0 Å². The molecule has 0 aliphatic heterocycles. The molecule has 1 aliphatic carbocycles. The first-order chi connectivity index (χ1) is 5.27. The maximum Gasteiger partial charge on any atom is 0.0302 e. The predicted molar refractivity (Wildman–Crippen MR) is 50.8 cm³/mol. The molecule has 0 spiro atoms. The molecule has 2 rings (SSSR count). The van der Waals surface area contributed by atoms with Crippen LogP contribution in [0.5, 0.6) is 0 Å². The Hall–Kier alpha value is -0.560. The minimum Gasteiger partial charge on any atom is -0.144 e. The quantitative estimate of drug-likeness (QED) is 0.546. The molecule has 0 amide bonds. The zero-order valence-corrected chi connectivity index (χ0v) is 7.69. The van der Waals surface area contributed by atoms with E-state index < -0.39 is 0 Å². The largest absolute Gasteiger partial charge is 0.144 e. The fourth-order valence-electron chi connectivity index (χ4n) is 1.43. The van der Waals surface area contributed by atoms with Crippen LogP contribution in [-0.2, 0) is 0 Å². The van der Waals surface area contributed by atoms with Crippen molar-refractivity contribution in [2.75, 3.05) is 0 Å². The molecule has 1 heteroatoms. The third-order valence-electron chi connectivity index (χ3n) is 2.41. The van der Waals surface area contributed by atoms with Crippen LogP contribution in [0.2, 0.25) is 0 Å². The van der Waals surface area contributed by atoms with E-state index in [-0.39, 0.29) is 0 Å². The van der Waals surface area contributed by atoms with E-state index in [1.54, 1.807) is 0 Å². The van der Waals surface area contributed by atoms with Crippen molar-refractivity contribution in [1.82, 2.24) is 0 Å². The molecule has 0 saturated heterocycles. The van der Waals surface area contributed by atoms with Crippen LogP contribution < -0.4 is 9.75 Å². The van der Waals surface area contributed by atoms with Gasteiger partial charge in [-0.3, -0.25) is 0 Å². The second-order valence-electron chi connectivity index (χ2n) is 3.29. The molecule has 0 fully saturated rings. The molecule has 0 saturated carbocycles. The van der Waals surface area contributed by atoms with Crippen molar-refractivity contribution in [2.24, 2.45) is 11.8 Å². The van der Waals surface area contributed by atoms with Crippen molar-refractivity contribution in [3.63, 3.8) is 0 Å². The van der Waals surface area contributed by atoms with Gasteiger partial charge in [0.25, 0.3) is 0 Å². The third kappa shape index (κ3) is 1.14. The SMILES string of the molecule is CC1C=c2ccsc2=CC1C. The second-order valence-corrected chi connectivity index (χ2v) is 4.24. The number of fused-ring (bicyclic) bond motifs is 1. The van der Waals surface area contributed by atoms with E-state index in [0.717, 1.165) is 0 Å². The summed E-state index contributed by atoms with van der Waals surface area (Å²) >= 11 is 1.84. The topological polar surface area (TPSA) is 0 Å². The lowest BCUT2D eigenvalue weighted by molar-refractivity contribution is 0.609. The van der Waals surface area contributed by atoms with Gasteiger partial charge in [0.1, 0.15) is 0 Å². The first-order valence-electron chi connectivity index (χ1n) is 4.04. The van der Waals surface area contributed by atoms with Crippen LogP contribution in [0.4, 0.5) is 0 Å². The number of hydrogen-bond donors (Lipinski definition) is 0. The smallest absolute Gasteiger partial charge is 0.0302 e. The Bertz CT molecular complexity index is 324. The normalized spacial score (nSPS) is 28.5. The van der Waals surface area contributed by atoms with Gasteiger partial charge in [0.05, 0.1) is 0 Å². The van der Waals surface area contributed by atoms with Crippen molar-refractivity contribution in [3.8, 4) is 0 Å². The number of hydrogen-bond acceptors (Lipinski definition) is 1. The average molecular weight is 164 g/mol. The van der Waals surface area contributed by atoms with Gasteiger partial charge in [-0.1, -0.05) is 26.0 Å². The molecule has 0 nitrogen and oxygen atoms in total. The molecule has 1 aromatic heterocycles. The van der Waals surface area contributed by atoms with Crippen molar-refractivity contribution in [3.05, 3.63) is 21.2 Å². The summed E-state index contributed by atoms with van der Waals surface area (Å²) in [6.07, 6.45) is 4.75. The number of thiophene rings is 1. The molecule has 0 bridgehead atoms. The van der Waals surface area contributed by atoms with Gasteiger partial charge in [0, 0.05) is 4.53 Å². The Morgan fingerprint density at radius 3 is 2.73 bits per heavy atom. The average Bonchev–Trinajstić information content (AvgIpc) is 2.36. The van der Waals surface area contributed by atoms with Gasteiger partial charge in [-0.2, -0.15) is 0 Å². The fourth-order valence-corrected chi connectivity index (χ4v) is 2.36. The first kappa shape index (κ1) is 7.11. The van der Waals surface area contributed by atoms with E-state index in [2.05, 4.69) is 37.4 Å². The van der Waals surface area contributed by atoms with E-state index in [9.17, 15) is 0 Å². The van der Waals surface area contributed by atoms with Gasteiger partial charge in [0.2, 0.25) is 0 Å². The van der Waals surface area contributed by atoms with Crippen molar-refractivity contribution >= 4 is 23.5 Å². The fraction of sp³-hybridized carbons (Fsp3) is 0.400. The van der Waals surface area contributed by atoms with Gasteiger partial charge < -0.3 is 0 Å². The summed E-state index contributed by atoms with van der Waals surface area (Å²) in [6, 6.07) is 2.21. The summed E-state index contributed by atoms with van der Waals surface area (Å²) in [7, 11) is 0. The summed E-state index contributed by atoms with van der Waals surface area (Å²) < 4.78 is 1.45. The summed E-state index contributed by atoms with van der Waals surface area (Å²) in [6.45, 7) is 4.56. The van der Waals surface area contributed by atoms with Crippen LogP contribution in [0.15, 0.2) is 11.4 Å². The van der Waals surface area contributed by atoms with Gasteiger partial charge in [0.15, 0.2) is 0 Å². The monoisotopic (exact) mass is 164 g/mol. The van der Waals surface area contributed by atoms with Crippen molar-refractivity contribution in [1.29, 1.82) is 0 Å². The highest BCUT2D eigenvalue weighted by Crippen LogP contribution is 2.15. The van der Waals surface area contributed by atoms with E-state index in [1.807, 2.05) is 11.3 Å². The zero-order chi connectivity index (χ0) is 7.84. The van der Waals surface area contributed by atoms with Crippen LogP contribution in [0.1, 0.15) is 13.8 Å². The van der Waals surface area contributed by atoms with Crippen molar-refractivity contribution in [2.45, 2.75) is 13.8 Å². The minimum absolute atomic E-state index is 0.706. The predicted octanol–water partition coefficient (Wildman–Crippen LogP) is 1.59. The van der Waals surface area contributed by atoms with Crippen LogP contribution in [0.25, 0.3) is 12.2 Å². The molecule has 58 valence electrons. The Kier molecular flexibility index (Phi) is 1.61. The Morgan fingerprint density at radius 1 is 1.18 bits per heavy atom. The highest BCUT2D eigenvalue weighted by molar-refractivity contribution is 7.07. The lowest BCUT2D eigenvalue weighted by Crippen LogP contribution is -2.26. The summed E-state index contributed by atoms with van der Waals surface area (Å²) in [5, 5.41) is 3.60. The maximum atomic E-state index is 2.38. The Balaban J connectivity index is 2.69. The highest BCUT2D eigenvalue weighted by atomic mass is 32.1. The molecule has 0 N–H and O–H groups in total. The molecule has 1 heterocycles. The Morgan fingerprint density at radius 2 is 1.91 bits per heavy atom. The summed E-state index contributed by atoms with van der Waals surface area (Å²) in [5.41, 5.74) is 0. The van der Waals surface area contributed by atoms with E-state index in [4.69, 9.17) is 0 Å². The third-order valence-corrected chi connectivity index (χ3v) is 3.31. The highest BCUT2D eigenvalue weighted by Gasteiger charge is 2.10. The zero-order valence-electron chi connectivity index (χ0n) is 6.87. The molecule has 1 aliphatic rings. The first-order valence-corrected chi connectivity index (χ1v) is 4.92. The lowest BCUT2D eigenvalue weighted by Gasteiger charge is -2.14. The van der Waals surface area contributed by atoms with E-state index in [1.165, 1.54) is 9.75 Å². The molecule has 0 radical (unpaired) electrons. The molecule has 1 aromatic rings. The minimum atomic E-state index is 0.706. The van der Waals surface area contributed by atoms with Gasteiger partial charge in [-0.25, -0.2) is 0 Å². The molecule has 2 unspecified atom stereocenters. The van der Waals surface area contributed by atoms with Crippen LogP contribution in [0, 0.1) is 11.8 Å². The molecular weight excluding hydrogens is 152 g/mol. The molecule has 11 heavy (non-hydrogen) atoms. The number of rotatable bonds is 0. The standard InChI is InChI=1S/C10H12S/c1-7-5-9-3-4-11-10(9)6-8(7)2/h3-8H,1-2H3. The van der Waals surface area contributed by atoms with Crippen LogP contribution >= 0.6 is 11.3 Å².